The molecule has 1 unspecified atom stereocenters. The van der Waals surface area contributed by atoms with Crippen molar-refractivity contribution < 1.29 is 14.6 Å². The molecule has 7 heteroatoms. The molecule has 2 aromatic heterocycles. The summed E-state index contributed by atoms with van der Waals surface area (Å²) in [5.41, 5.74) is 3.86. The van der Waals surface area contributed by atoms with Crippen molar-refractivity contribution >= 4 is 11.3 Å². The van der Waals surface area contributed by atoms with E-state index < -0.39 is 6.10 Å². The largest absolute Gasteiger partial charge is 0.497 e. The third-order valence-electron chi connectivity index (χ3n) is 4.95. The molecule has 0 aliphatic rings. The van der Waals surface area contributed by atoms with Crippen LogP contribution in [0.25, 0.3) is 21.8 Å². The molecule has 164 valence electrons. The molecule has 6 nitrogen and oxygen atoms in total. The molecule has 0 spiro atoms. The van der Waals surface area contributed by atoms with Crippen molar-refractivity contribution in [3.8, 4) is 33.3 Å². The van der Waals surface area contributed by atoms with Gasteiger partial charge in [0.2, 0.25) is 0 Å². The Morgan fingerprint density at radius 1 is 1.00 bits per heavy atom. The van der Waals surface area contributed by atoms with Crippen LogP contribution in [0.5, 0.6) is 11.5 Å². The van der Waals surface area contributed by atoms with E-state index in [9.17, 15) is 5.11 Å². The smallest absolute Gasteiger partial charge is 0.124 e. The molecule has 4 rings (SSSR count). The number of ether oxygens (including phenoxy) is 2. The number of methoxy groups -OCH3 is 1. The maximum atomic E-state index is 10.1. The SMILES string of the molecule is COc1ccc(-c2nc(-c3ccc(OCCNCC(O)c4cccnc4)cc3)cs2)cc1. The highest BCUT2D eigenvalue weighted by molar-refractivity contribution is 7.13. The molecule has 0 aliphatic carbocycles. The molecule has 32 heavy (non-hydrogen) atoms. The lowest BCUT2D eigenvalue weighted by Crippen LogP contribution is -2.26. The molecular formula is C25H25N3O3S. The topological polar surface area (TPSA) is 76.5 Å². The van der Waals surface area contributed by atoms with E-state index in [1.807, 2.05) is 60.7 Å². The first-order valence-corrected chi connectivity index (χ1v) is 11.2. The van der Waals surface area contributed by atoms with Crippen molar-refractivity contribution in [3.05, 3.63) is 84.0 Å². The van der Waals surface area contributed by atoms with Crippen LogP contribution in [0.15, 0.2) is 78.4 Å². The zero-order chi connectivity index (χ0) is 22.2. The summed E-state index contributed by atoms with van der Waals surface area (Å²) in [4.78, 5) is 8.78. The van der Waals surface area contributed by atoms with E-state index >= 15 is 0 Å². The molecule has 2 heterocycles. The lowest BCUT2D eigenvalue weighted by atomic mass is 10.1. The normalized spacial score (nSPS) is 11.8. The van der Waals surface area contributed by atoms with Crippen LogP contribution in [-0.2, 0) is 0 Å². The minimum absolute atomic E-state index is 0.453. The minimum atomic E-state index is -0.580. The van der Waals surface area contributed by atoms with Crippen molar-refractivity contribution in [1.82, 2.24) is 15.3 Å². The third-order valence-corrected chi connectivity index (χ3v) is 5.84. The number of aromatic nitrogens is 2. The van der Waals surface area contributed by atoms with Gasteiger partial charge in [-0.05, 0) is 54.6 Å². The maximum absolute atomic E-state index is 10.1. The Balaban J connectivity index is 1.25. The average Bonchev–Trinajstić information content (AvgIpc) is 3.35. The first-order valence-electron chi connectivity index (χ1n) is 10.3. The Morgan fingerprint density at radius 2 is 1.75 bits per heavy atom. The molecular weight excluding hydrogens is 422 g/mol. The quantitative estimate of drug-likeness (QED) is 0.347. The third kappa shape index (κ3) is 5.70. The van der Waals surface area contributed by atoms with E-state index in [1.54, 1.807) is 30.8 Å². The van der Waals surface area contributed by atoms with E-state index in [4.69, 9.17) is 14.5 Å². The number of nitrogens with zero attached hydrogens (tertiary/aromatic N) is 2. The molecule has 0 fully saturated rings. The molecule has 2 aromatic carbocycles. The van der Waals surface area contributed by atoms with Crippen LogP contribution in [0.4, 0.5) is 0 Å². The number of aliphatic hydroxyl groups excluding tert-OH is 1. The highest BCUT2D eigenvalue weighted by atomic mass is 32.1. The summed E-state index contributed by atoms with van der Waals surface area (Å²) in [6, 6.07) is 19.5. The second-order valence-electron chi connectivity index (χ2n) is 7.15. The Kier molecular flexibility index (Phi) is 7.45. The van der Waals surface area contributed by atoms with Gasteiger partial charge >= 0.3 is 0 Å². The molecule has 0 saturated heterocycles. The van der Waals surface area contributed by atoms with E-state index in [2.05, 4.69) is 15.7 Å². The summed E-state index contributed by atoms with van der Waals surface area (Å²) in [5, 5.41) is 16.4. The lowest BCUT2D eigenvalue weighted by Gasteiger charge is -2.12. The first-order chi connectivity index (χ1) is 15.7. The number of hydrogen-bond donors (Lipinski definition) is 2. The number of nitrogens with one attached hydrogen (secondary N) is 1. The molecule has 0 amide bonds. The van der Waals surface area contributed by atoms with Crippen molar-refractivity contribution in [1.29, 1.82) is 0 Å². The van der Waals surface area contributed by atoms with Crippen molar-refractivity contribution in [3.63, 3.8) is 0 Å². The number of benzene rings is 2. The molecule has 0 aliphatic heterocycles. The summed E-state index contributed by atoms with van der Waals surface area (Å²) < 4.78 is 11.0. The summed E-state index contributed by atoms with van der Waals surface area (Å²) in [6.45, 7) is 1.60. The molecule has 2 N–H and O–H groups in total. The number of pyridine rings is 1. The maximum Gasteiger partial charge on any atom is 0.124 e. The monoisotopic (exact) mass is 447 g/mol. The second-order valence-corrected chi connectivity index (χ2v) is 8.00. The molecule has 0 saturated carbocycles. The molecule has 4 aromatic rings. The van der Waals surface area contributed by atoms with E-state index in [-0.39, 0.29) is 0 Å². The highest BCUT2D eigenvalue weighted by Gasteiger charge is 2.08. The van der Waals surface area contributed by atoms with Crippen molar-refractivity contribution in [2.45, 2.75) is 6.10 Å². The van der Waals surface area contributed by atoms with Gasteiger partial charge < -0.3 is 19.9 Å². The lowest BCUT2D eigenvalue weighted by molar-refractivity contribution is 0.171. The summed E-state index contributed by atoms with van der Waals surface area (Å²) in [6.07, 6.45) is 2.79. The van der Waals surface area contributed by atoms with Gasteiger partial charge in [-0.2, -0.15) is 0 Å². The number of hydrogen-bond acceptors (Lipinski definition) is 7. The highest BCUT2D eigenvalue weighted by Crippen LogP contribution is 2.30. The van der Waals surface area contributed by atoms with Gasteiger partial charge in [0.15, 0.2) is 0 Å². The summed E-state index contributed by atoms with van der Waals surface area (Å²) in [5.74, 6) is 1.63. The number of aliphatic hydroxyl groups is 1. The van der Waals surface area contributed by atoms with Crippen LogP contribution >= 0.6 is 11.3 Å². The van der Waals surface area contributed by atoms with Crippen LogP contribution in [0.3, 0.4) is 0 Å². The van der Waals surface area contributed by atoms with E-state index in [0.29, 0.717) is 19.7 Å². The van der Waals surface area contributed by atoms with Crippen LogP contribution in [-0.4, -0.2) is 41.9 Å². The van der Waals surface area contributed by atoms with Gasteiger partial charge in [-0.15, -0.1) is 11.3 Å². The van der Waals surface area contributed by atoms with Gasteiger partial charge in [0.1, 0.15) is 23.1 Å². The van der Waals surface area contributed by atoms with Gasteiger partial charge in [-0.25, -0.2) is 4.98 Å². The first kappa shape index (κ1) is 22.0. The van der Waals surface area contributed by atoms with Crippen molar-refractivity contribution in [2.24, 2.45) is 0 Å². The van der Waals surface area contributed by atoms with Gasteiger partial charge in [0.05, 0.1) is 18.9 Å². The Labute approximate surface area is 191 Å². The average molecular weight is 448 g/mol. The van der Waals surface area contributed by atoms with Gasteiger partial charge in [0.25, 0.3) is 0 Å². The summed E-state index contributed by atoms with van der Waals surface area (Å²) in [7, 11) is 1.66. The molecule has 0 radical (unpaired) electrons. The van der Waals surface area contributed by atoms with Crippen LogP contribution < -0.4 is 14.8 Å². The standard InChI is InChI=1S/C25H25N3O3S/c1-30-21-8-6-19(7-9-21)25-28-23(17-32-25)18-4-10-22(11-5-18)31-14-13-27-16-24(29)20-3-2-12-26-15-20/h2-12,15,17,24,27,29H,13-14,16H2,1H3. The van der Waals surface area contributed by atoms with E-state index in [0.717, 1.165) is 38.9 Å². The molecule has 0 bridgehead atoms. The predicted molar refractivity (Wildman–Crippen MR) is 127 cm³/mol. The summed E-state index contributed by atoms with van der Waals surface area (Å²) >= 11 is 1.62. The zero-order valence-corrected chi connectivity index (χ0v) is 18.6. The minimum Gasteiger partial charge on any atom is -0.497 e. The zero-order valence-electron chi connectivity index (χ0n) is 17.8. The van der Waals surface area contributed by atoms with Gasteiger partial charge in [0, 0.05) is 47.6 Å². The van der Waals surface area contributed by atoms with Crippen LogP contribution in [0.1, 0.15) is 11.7 Å². The van der Waals surface area contributed by atoms with Gasteiger partial charge in [-0.3, -0.25) is 4.98 Å². The second kappa shape index (κ2) is 10.9. The van der Waals surface area contributed by atoms with Crippen molar-refractivity contribution in [2.75, 3.05) is 26.8 Å². The fourth-order valence-electron chi connectivity index (χ4n) is 3.17. The number of thiazole rings is 1. The Morgan fingerprint density at radius 3 is 2.47 bits per heavy atom. The van der Waals surface area contributed by atoms with E-state index in [1.165, 1.54) is 0 Å². The fraction of sp³-hybridized carbons (Fsp3) is 0.200. The number of rotatable bonds is 10. The fourth-order valence-corrected chi connectivity index (χ4v) is 4.00. The van der Waals surface area contributed by atoms with Crippen LogP contribution in [0, 0.1) is 0 Å². The van der Waals surface area contributed by atoms with Gasteiger partial charge in [-0.1, -0.05) is 6.07 Å². The Hall–Kier alpha value is -3.26. The molecule has 1 atom stereocenters. The predicted octanol–water partition coefficient (Wildman–Crippen LogP) is 4.58. The van der Waals surface area contributed by atoms with Crippen LogP contribution in [0.2, 0.25) is 0 Å². The Bertz CT molecular complexity index is 1100.